The van der Waals surface area contributed by atoms with Gasteiger partial charge >= 0.3 is 0 Å². The van der Waals surface area contributed by atoms with E-state index in [-0.39, 0.29) is 0 Å². The van der Waals surface area contributed by atoms with Crippen LogP contribution in [0.2, 0.25) is 0 Å². The molecule has 0 amide bonds. The fraction of sp³-hybridized carbons (Fsp3) is 0. The minimum atomic E-state index is 0.757. The van der Waals surface area contributed by atoms with Crippen molar-refractivity contribution >= 4 is 22.6 Å². The summed E-state index contributed by atoms with van der Waals surface area (Å²) in [5.41, 5.74) is 6.90. The van der Waals surface area contributed by atoms with Gasteiger partial charge in [0, 0.05) is 34.4 Å². The summed E-state index contributed by atoms with van der Waals surface area (Å²) in [7, 11) is 0. The van der Waals surface area contributed by atoms with Crippen LogP contribution in [0.25, 0.3) is 33.5 Å². The highest BCUT2D eigenvalue weighted by Gasteiger charge is 2.04. The summed E-state index contributed by atoms with van der Waals surface area (Å²) in [6.07, 6.45) is 1.80. The van der Waals surface area contributed by atoms with Crippen LogP contribution in [0.5, 0.6) is 0 Å². The first-order valence-electron chi connectivity index (χ1n) is 8.04. The fourth-order valence-corrected chi connectivity index (χ4v) is 3.26. The van der Waals surface area contributed by atoms with Gasteiger partial charge in [-0.1, -0.05) is 72.8 Å². The minimum Gasteiger partial charge on any atom is -0.232 e. The third-order valence-corrected chi connectivity index (χ3v) is 4.63. The Morgan fingerprint density at radius 2 is 1.16 bits per heavy atom. The molecule has 1 aromatic heterocycles. The van der Waals surface area contributed by atoms with E-state index < -0.39 is 0 Å². The summed E-state index contributed by atoms with van der Waals surface area (Å²) in [6.45, 7) is 0. The molecule has 4 aromatic rings. The van der Waals surface area contributed by atoms with Crippen molar-refractivity contribution in [3.63, 3.8) is 0 Å². The van der Waals surface area contributed by atoms with Crippen molar-refractivity contribution < 1.29 is 0 Å². The van der Waals surface area contributed by atoms with Gasteiger partial charge in [-0.3, -0.25) is 0 Å². The minimum absolute atomic E-state index is 0.757. The first-order chi connectivity index (χ1) is 12.3. The van der Waals surface area contributed by atoms with Crippen LogP contribution in [0.3, 0.4) is 0 Å². The van der Waals surface area contributed by atoms with Gasteiger partial charge in [0.1, 0.15) is 0 Å². The number of nitrogens with zero attached hydrogens (tertiary/aromatic N) is 2. The van der Waals surface area contributed by atoms with Crippen molar-refractivity contribution in [1.29, 1.82) is 0 Å². The second kappa shape index (κ2) is 7.15. The smallest absolute Gasteiger partial charge is 0.191 e. The Morgan fingerprint density at radius 1 is 0.560 bits per heavy atom. The van der Waals surface area contributed by atoms with Crippen LogP contribution in [0.4, 0.5) is 0 Å². The predicted octanol–water partition coefficient (Wildman–Crippen LogP) is 6.08. The highest BCUT2D eigenvalue weighted by atomic mass is 127. The summed E-state index contributed by atoms with van der Waals surface area (Å²) in [4.78, 5) is 8.67. The van der Waals surface area contributed by atoms with Crippen molar-refractivity contribution in [2.75, 3.05) is 0 Å². The van der Waals surface area contributed by atoms with Crippen molar-refractivity contribution in [3.8, 4) is 33.5 Å². The molecule has 25 heavy (non-hydrogen) atoms. The third kappa shape index (κ3) is 3.61. The van der Waals surface area contributed by atoms with Crippen LogP contribution in [-0.2, 0) is 0 Å². The summed E-state index contributed by atoms with van der Waals surface area (Å²) >= 11 is 2.14. The average Bonchev–Trinajstić information content (AvgIpc) is 2.69. The Bertz CT molecular complexity index is 996. The Labute approximate surface area is 160 Å². The Hall–Kier alpha value is -2.53. The molecule has 0 radical (unpaired) electrons. The van der Waals surface area contributed by atoms with E-state index in [0.717, 1.165) is 15.1 Å². The molecule has 0 unspecified atom stereocenters. The normalized spacial score (nSPS) is 10.6. The van der Waals surface area contributed by atoms with E-state index in [2.05, 4.69) is 105 Å². The highest BCUT2D eigenvalue weighted by Crippen LogP contribution is 2.27. The van der Waals surface area contributed by atoms with E-state index in [1.165, 1.54) is 22.3 Å². The van der Waals surface area contributed by atoms with Gasteiger partial charge < -0.3 is 0 Å². The van der Waals surface area contributed by atoms with Gasteiger partial charge in [-0.15, -0.1) is 0 Å². The van der Waals surface area contributed by atoms with Crippen LogP contribution < -0.4 is 0 Å². The molecule has 0 spiro atoms. The van der Waals surface area contributed by atoms with E-state index >= 15 is 0 Å². The lowest BCUT2D eigenvalue weighted by Gasteiger charge is -2.07. The lowest BCUT2D eigenvalue weighted by Crippen LogP contribution is -1.90. The quantitative estimate of drug-likeness (QED) is 0.289. The summed E-state index contributed by atoms with van der Waals surface area (Å²) in [5, 5.41) is 0. The van der Waals surface area contributed by atoms with E-state index in [1.807, 2.05) is 12.1 Å². The third-order valence-electron chi connectivity index (χ3n) is 4.11. The van der Waals surface area contributed by atoms with E-state index in [1.54, 1.807) is 6.20 Å². The maximum Gasteiger partial charge on any atom is 0.191 e. The zero-order valence-electron chi connectivity index (χ0n) is 13.4. The number of hydrogen-bond acceptors (Lipinski definition) is 2. The molecule has 0 fully saturated rings. The topological polar surface area (TPSA) is 25.8 Å². The molecule has 1 heterocycles. The monoisotopic (exact) mass is 434 g/mol. The van der Waals surface area contributed by atoms with Crippen molar-refractivity contribution in [2.45, 2.75) is 0 Å². The average molecular weight is 434 g/mol. The van der Waals surface area contributed by atoms with E-state index in [4.69, 9.17) is 0 Å². The number of rotatable bonds is 3. The maximum absolute atomic E-state index is 4.51. The van der Waals surface area contributed by atoms with Crippen molar-refractivity contribution in [3.05, 3.63) is 95.0 Å². The number of halogens is 1. The summed E-state index contributed by atoms with van der Waals surface area (Å²) < 4.78 is 0.757. The standard InChI is InChI=1S/C22H15IN2/c23-22-24-14-13-21(25-22)20-8-4-7-19(15-20)18-11-9-17(10-12-18)16-5-2-1-3-6-16/h1-15H. The first-order valence-corrected chi connectivity index (χ1v) is 9.12. The number of hydrogen-bond donors (Lipinski definition) is 0. The predicted molar refractivity (Wildman–Crippen MR) is 111 cm³/mol. The van der Waals surface area contributed by atoms with Gasteiger partial charge in [0.15, 0.2) is 3.83 Å². The van der Waals surface area contributed by atoms with Crippen LogP contribution in [-0.4, -0.2) is 9.97 Å². The zero-order chi connectivity index (χ0) is 17.1. The molecule has 0 aliphatic heterocycles. The zero-order valence-corrected chi connectivity index (χ0v) is 15.6. The Kier molecular flexibility index (Phi) is 4.57. The van der Waals surface area contributed by atoms with Crippen LogP contribution in [0.15, 0.2) is 91.1 Å². The van der Waals surface area contributed by atoms with Crippen molar-refractivity contribution in [1.82, 2.24) is 9.97 Å². The first kappa shape index (κ1) is 16.0. The lowest BCUT2D eigenvalue weighted by atomic mass is 9.98. The molecule has 2 nitrogen and oxygen atoms in total. The molecule has 0 aliphatic carbocycles. The molecule has 0 saturated heterocycles. The molecule has 3 heteroatoms. The molecule has 0 aliphatic rings. The molecule has 0 N–H and O–H groups in total. The number of benzene rings is 3. The van der Waals surface area contributed by atoms with Gasteiger partial charge in [0.2, 0.25) is 0 Å². The van der Waals surface area contributed by atoms with Gasteiger partial charge in [-0.05, 0) is 34.4 Å². The Morgan fingerprint density at radius 3 is 1.88 bits per heavy atom. The molecular formula is C22H15IN2. The lowest BCUT2D eigenvalue weighted by molar-refractivity contribution is 1.11. The molecule has 0 saturated carbocycles. The van der Waals surface area contributed by atoms with Gasteiger partial charge in [0.05, 0.1) is 5.69 Å². The maximum atomic E-state index is 4.51. The van der Waals surface area contributed by atoms with Crippen LogP contribution in [0.1, 0.15) is 0 Å². The molecule has 0 bridgehead atoms. The largest absolute Gasteiger partial charge is 0.232 e. The van der Waals surface area contributed by atoms with Crippen molar-refractivity contribution in [2.24, 2.45) is 0 Å². The van der Waals surface area contributed by atoms with E-state index in [0.29, 0.717) is 0 Å². The summed E-state index contributed by atoms with van der Waals surface area (Å²) in [5.74, 6) is 0. The highest BCUT2D eigenvalue weighted by molar-refractivity contribution is 14.1. The van der Waals surface area contributed by atoms with Crippen LogP contribution >= 0.6 is 22.6 Å². The van der Waals surface area contributed by atoms with Gasteiger partial charge in [0.25, 0.3) is 0 Å². The van der Waals surface area contributed by atoms with Gasteiger partial charge in [-0.25, -0.2) is 9.97 Å². The van der Waals surface area contributed by atoms with E-state index in [9.17, 15) is 0 Å². The second-order valence-electron chi connectivity index (χ2n) is 5.74. The molecular weight excluding hydrogens is 419 g/mol. The summed E-state index contributed by atoms with van der Waals surface area (Å²) in [6, 6.07) is 29.5. The van der Waals surface area contributed by atoms with Gasteiger partial charge in [-0.2, -0.15) is 0 Å². The Balaban J connectivity index is 1.67. The molecule has 120 valence electrons. The molecule has 4 rings (SSSR count). The molecule has 0 atom stereocenters. The second-order valence-corrected chi connectivity index (χ2v) is 6.70. The molecule has 3 aromatic carbocycles. The SMILES string of the molecule is Ic1nccc(-c2cccc(-c3ccc(-c4ccccc4)cc3)c2)n1. The number of aromatic nitrogens is 2. The fourth-order valence-electron chi connectivity index (χ4n) is 2.84. The van der Waals surface area contributed by atoms with Crippen LogP contribution in [0, 0.1) is 3.83 Å².